The SMILES string of the molecule is C[C@@H]1CCCN(C(=O)N[C@H](CN2CCN(C)CC2)c2ccccc2)C1. The molecule has 2 aliphatic heterocycles. The van der Waals surface area contributed by atoms with E-state index in [4.69, 9.17) is 0 Å². The van der Waals surface area contributed by atoms with Crippen molar-refractivity contribution in [2.75, 3.05) is 52.9 Å². The summed E-state index contributed by atoms with van der Waals surface area (Å²) in [7, 11) is 2.17. The molecule has 2 aliphatic rings. The first-order chi connectivity index (χ1) is 12.1. The highest BCUT2D eigenvalue weighted by atomic mass is 16.2. The number of carbonyl (C=O) groups excluding carboxylic acids is 1. The van der Waals surface area contributed by atoms with Crippen molar-refractivity contribution in [2.24, 2.45) is 5.92 Å². The fourth-order valence-corrected chi connectivity index (χ4v) is 3.82. The van der Waals surface area contributed by atoms with Gasteiger partial charge in [-0.25, -0.2) is 4.79 Å². The summed E-state index contributed by atoms with van der Waals surface area (Å²) in [5.41, 5.74) is 1.19. The number of amides is 2. The van der Waals surface area contributed by atoms with E-state index >= 15 is 0 Å². The van der Waals surface area contributed by atoms with Gasteiger partial charge in [0.1, 0.15) is 0 Å². The molecule has 1 N–H and O–H groups in total. The standard InChI is InChI=1S/C20H32N4O/c1-17-7-6-10-24(15-17)20(25)21-19(18-8-4-3-5-9-18)16-23-13-11-22(2)12-14-23/h3-5,8-9,17,19H,6-7,10-16H2,1-2H3,(H,21,25)/t17-,19-/m1/s1. The predicted molar refractivity (Wildman–Crippen MR) is 102 cm³/mol. The Bertz CT molecular complexity index is 542. The van der Waals surface area contributed by atoms with Crippen molar-refractivity contribution < 1.29 is 4.79 Å². The average molecular weight is 345 g/mol. The molecular formula is C20H32N4O. The van der Waals surface area contributed by atoms with Gasteiger partial charge in [0.25, 0.3) is 0 Å². The Balaban J connectivity index is 1.65. The molecule has 2 amide bonds. The minimum absolute atomic E-state index is 0.0503. The average Bonchev–Trinajstić information content (AvgIpc) is 2.63. The number of nitrogens with one attached hydrogen (secondary N) is 1. The molecule has 138 valence electrons. The monoisotopic (exact) mass is 344 g/mol. The van der Waals surface area contributed by atoms with Gasteiger partial charge in [0.15, 0.2) is 0 Å². The summed E-state index contributed by atoms with van der Waals surface area (Å²) in [5, 5.41) is 3.31. The quantitative estimate of drug-likeness (QED) is 0.912. The summed E-state index contributed by atoms with van der Waals surface area (Å²) in [5.74, 6) is 0.604. The molecule has 2 heterocycles. The number of likely N-dealkylation sites (N-methyl/N-ethyl adjacent to an activating group) is 1. The van der Waals surface area contributed by atoms with Crippen molar-refractivity contribution in [3.05, 3.63) is 35.9 Å². The highest BCUT2D eigenvalue weighted by Gasteiger charge is 2.25. The number of benzene rings is 1. The molecule has 1 aromatic carbocycles. The van der Waals surface area contributed by atoms with Gasteiger partial charge in [0.2, 0.25) is 0 Å². The normalized spacial score (nSPS) is 24.1. The molecule has 0 unspecified atom stereocenters. The van der Waals surface area contributed by atoms with Crippen LogP contribution in [0.5, 0.6) is 0 Å². The Morgan fingerprint density at radius 3 is 2.56 bits per heavy atom. The molecule has 5 heteroatoms. The Morgan fingerprint density at radius 2 is 1.88 bits per heavy atom. The number of hydrogen-bond donors (Lipinski definition) is 1. The minimum Gasteiger partial charge on any atom is -0.330 e. The third-order valence-corrected chi connectivity index (χ3v) is 5.48. The maximum atomic E-state index is 12.8. The molecular weight excluding hydrogens is 312 g/mol. The summed E-state index contributed by atoms with van der Waals surface area (Å²) < 4.78 is 0. The lowest BCUT2D eigenvalue weighted by atomic mass is 10.0. The first-order valence-corrected chi connectivity index (χ1v) is 9.63. The lowest BCUT2D eigenvalue weighted by molar-refractivity contribution is 0.135. The van der Waals surface area contributed by atoms with E-state index in [0.29, 0.717) is 5.92 Å². The molecule has 2 atom stereocenters. The highest BCUT2D eigenvalue weighted by Crippen LogP contribution is 2.19. The topological polar surface area (TPSA) is 38.8 Å². The summed E-state index contributed by atoms with van der Waals surface area (Å²) in [6, 6.07) is 10.5. The zero-order chi connectivity index (χ0) is 17.6. The van der Waals surface area contributed by atoms with Crippen molar-refractivity contribution in [3.8, 4) is 0 Å². The second kappa shape index (κ2) is 8.68. The summed E-state index contributed by atoms with van der Waals surface area (Å²) in [4.78, 5) is 19.6. The largest absolute Gasteiger partial charge is 0.330 e. The van der Waals surface area contributed by atoms with Crippen LogP contribution in [0.4, 0.5) is 4.79 Å². The van der Waals surface area contributed by atoms with Crippen molar-refractivity contribution in [1.82, 2.24) is 20.0 Å². The van der Waals surface area contributed by atoms with Crippen LogP contribution in [0.2, 0.25) is 0 Å². The summed E-state index contributed by atoms with van der Waals surface area (Å²) in [6.45, 7) is 9.20. The van der Waals surface area contributed by atoms with Gasteiger partial charge in [-0.15, -0.1) is 0 Å². The molecule has 0 saturated carbocycles. The second-order valence-electron chi connectivity index (χ2n) is 7.71. The van der Waals surface area contributed by atoms with Gasteiger partial charge in [-0.05, 0) is 31.4 Å². The lowest BCUT2D eigenvalue weighted by Gasteiger charge is -2.36. The van der Waals surface area contributed by atoms with Crippen molar-refractivity contribution in [1.29, 1.82) is 0 Å². The van der Waals surface area contributed by atoms with Crippen molar-refractivity contribution >= 4 is 6.03 Å². The molecule has 2 fully saturated rings. The van der Waals surface area contributed by atoms with Gasteiger partial charge >= 0.3 is 6.03 Å². The summed E-state index contributed by atoms with van der Waals surface area (Å²) in [6.07, 6.45) is 2.34. The second-order valence-corrected chi connectivity index (χ2v) is 7.71. The van der Waals surface area contributed by atoms with Crippen LogP contribution in [0.1, 0.15) is 31.4 Å². The van der Waals surface area contributed by atoms with Crippen LogP contribution >= 0.6 is 0 Å². The van der Waals surface area contributed by atoms with Gasteiger partial charge in [0, 0.05) is 45.8 Å². The number of piperazine rings is 1. The van der Waals surface area contributed by atoms with Gasteiger partial charge in [-0.3, -0.25) is 4.90 Å². The number of urea groups is 1. The van der Waals surface area contributed by atoms with Crippen molar-refractivity contribution in [2.45, 2.75) is 25.8 Å². The minimum atomic E-state index is 0.0503. The first-order valence-electron chi connectivity index (χ1n) is 9.63. The predicted octanol–water partition coefficient (Wildman–Crippen LogP) is 2.42. The van der Waals surface area contributed by atoms with E-state index in [9.17, 15) is 4.79 Å². The van der Waals surface area contributed by atoms with Crippen LogP contribution in [0.3, 0.4) is 0 Å². The number of likely N-dealkylation sites (tertiary alicyclic amines) is 1. The number of piperidine rings is 1. The van der Waals surface area contributed by atoms with Crippen LogP contribution in [0.25, 0.3) is 0 Å². The van der Waals surface area contributed by atoms with E-state index < -0.39 is 0 Å². The molecule has 1 aromatic rings. The van der Waals surface area contributed by atoms with E-state index in [0.717, 1.165) is 52.2 Å². The molecule has 5 nitrogen and oxygen atoms in total. The van der Waals surface area contributed by atoms with Crippen LogP contribution in [0, 0.1) is 5.92 Å². The molecule has 3 rings (SSSR count). The Hall–Kier alpha value is -1.59. The zero-order valence-corrected chi connectivity index (χ0v) is 15.7. The van der Waals surface area contributed by atoms with E-state index in [-0.39, 0.29) is 12.1 Å². The van der Waals surface area contributed by atoms with Crippen molar-refractivity contribution in [3.63, 3.8) is 0 Å². The molecule has 2 saturated heterocycles. The van der Waals surface area contributed by atoms with Gasteiger partial charge < -0.3 is 15.1 Å². The van der Waals surface area contributed by atoms with E-state index in [1.54, 1.807) is 0 Å². The molecule has 0 spiro atoms. The van der Waals surface area contributed by atoms with E-state index in [1.165, 1.54) is 12.0 Å². The molecule has 0 aliphatic carbocycles. The van der Waals surface area contributed by atoms with Crippen LogP contribution in [-0.2, 0) is 0 Å². The lowest BCUT2D eigenvalue weighted by Crippen LogP contribution is -2.50. The number of nitrogens with zero attached hydrogens (tertiary/aromatic N) is 3. The van der Waals surface area contributed by atoms with E-state index in [1.807, 2.05) is 11.0 Å². The van der Waals surface area contributed by atoms with Gasteiger partial charge in [-0.1, -0.05) is 37.3 Å². The number of hydrogen-bond acceptors (Lipinski definition) is 3. The third-order valence-electron chi connectivity index (χ3n) is 5.48. The van der Waals surface area contributed by atoms with Gasteiger partial charge in [0.05, 0.1) is 6.04 Å². The maximum Gasteiger partial charge on any atom is 0.317 e. The van der Waals surface area contributed by atoms with E-state index in [2.05, 4.69) is 53.4 Å². The molecule has 0 aromatic heterocycles. The number of carbonyl (C=O) groups is 1. The van der Waals surface area contributed by atoms with Gasteiger partial charge in [-0.2, -0.15) is 0 Å². The molecule has 0 radical (unpaired) electrons. The smallest absolute Gasteiger partial charge is 0.317 e. The molecule has 0 bridgehead atoms. The fraction of sp³-hybridized carbons (Fsp3) is 0.650. The first kappa shape index (κ1) is 18.2. The Labute approximate surface area is 152 Å². The fourth-order valence-electron chi connectivity index (χ4n) is 3.82. The Kier molecular flexibility index (Phi) is 6.32. The summed E-state index contributed by atoms with van der Waals surface area (Å²) >= 11 is 0. The van der Waals surface area contributed by atoms with Crippen LogP contribution < -0.4 is 5.32 Å². The van der Waals surface area contributed by atoms with Crippen LogP contribution in [0.15, 0.2) is 30.3 Å². The maximum absolute atomic E-state index is 12.8. The Morgan fingerprint density at radius 1 is 1.16 bits per heavy atom. The highest BCUT2D eigenvalue weighted by molar-refractivity contribution is 5.74. The zero-order valence-electron chi connectivity index (χ0n) is 15.7. The number of rotatable bonds is 4. The molecule has 25 heavy (non-hydrogen) atoms. The third kappa shape index (κ3) is 5.19. The van der Waals surface area contributed by atoms with Crippen LogP contribution in [-0.4, -0.2) is 73.6 Å².